The van der Waals surface area contributed by atoms with Crippen LogP contribution in [0.15, 0.2) is 42.9 Å². The summed E-state index contributed by atoms with van der Waals surface area (Å²) in [6, 6.07) is 7.43. The molecule has 0 atom stereocenters. The Hall–Kier alpha value is -3.69. The molecule has 3 aromatic heterocycles. The number of piperidine rings is 1. The van der Waals surface area contributed by atoms with Crippen molar-refractivity contribution in [3.8, 4) is 11.1 Å². The smallest absolute Gasteiger partial charge is 0.243 e. The molecule has 0 unspecified atom stereocenters. The van der Waals surface area contributed by atoms with Crippen molar-refractivity contribution in [2.45, 2.75) is 25.8 Å². The summed E-state index contributed by atoms with van der Waals surface area (Å²) in [7, 11) is 0. The second-order valence-electron chi connectivity index (χ2n) is 7.80. The lowest BCUT2D eigenvalue weighted by Crippen LogP contribution is -2.39. The third kappa shape index (κ3) is 3.83. The van der Waals surface area contributed by atoms with Gasteiger partial charge >= 0.3 is 0 Å². The van der Waals surface area contributed by atoms with E-state index in [1.807, 2.05) is 13.0 Å². The average Bonchev–Trinajstić information content (AvgIpc) is 3.20. The molecule has 10 heteroatoms. The maximum Gasteiger partial charge on any atom is 0.243 e. The summed E-state index contributed by atoms with van der Waals surface area (Å²) in [5, 5.41) is 7.80. The quantitative estimate of drug-likeness (QED) is 0.485. The summed E-state index contributed by atoms with van der Waals surface area (Å²) in [6.45, 7) is 3.61. The van der Waals surface area contributed by atoms with Gasteiger partial charge in [-0.05, 0) is 49.6 Å². The van der Waals surface area contributed by atoms with Gasteiger partial charge in [-0.3, -0.25) is 0 Å². The molecule has 0 radical (unpaired) electrons. The largest absolute Gasteiger partial charge is 0.356 e. The maximum absolute atomic E-state index is 13.7. The summed E-state index contributed by atoms with van der Waals surface area (Å²) in [5.41, 5.74) is 2.01. The Balaban J connectivity index is 1.34. The first-order valence-corrected chi connectivity index (χ1v) is 10.3. The van der Waals surface area contributed by atoms with Crippen molar-refractivity contribution in [1.29, 1.82) is 0 Å². The summed E-state index contributed by atoms with van der Waals surface area (Å²) < 4.78 is 42.4. The molecule has 7 nitrogen and oxygen atoms in total. The maximum atomic E-state index is 13.7. The number of aromatic nitrogens is 5. The summed E-state index contributed by atoms with van der Waals surface area (Å²) in [4.78, 5) is 15.2. The monoisotopic (exact) mass is 439 g/mol. The molecular weight excluding hydrogens is 419 g/mol. The van der Waals surface area contributed by atoms with Crippen LogP contribution in [0.2, 0.25) is 0 Å². The molecule has 0 amide bonds. The summed E-state index contributed by atoms with van der Waals surface area (Å²) in [6.07, 6.45) is 5.03. The Labute approximate surface area is 182 Å². The van der Waals surface area contributed by atoms with Crippen LogP contribution in [0.3, 0.4) is 0 Å². The third-order valence-electron chi connectivity index (χ3n) is 5.60. The number of benzene rings is 1. The molecule has 1 aliphatic rings. The molecular formula is C22H20F3N7. The molecule has 4 heterocycles. The second-order valence-corrected chi connectivity index (χ2v) is 7.80. The lowest BCUT2D eigenvalue weighted by Gasteiger charge is -2.32. The highest BCUT2D eigenvalue weighted by molar-refractivity contribution is 5.78. The SMILES string of the molecule is Cc1cc(N2CCC(Nc3nc4c(-c5cc(F)c(F)c(F)c5)cccn4n3)CC2)ncn1. The zero-order valence-corrected chi connectivity index (χ0v) is 17.3. The molecule has 4 aromatic rings. The van der Waals surface area contributed by atoms with Gasteiger partial charge in [0.15, 0.2) is 23.1 Å². The van der Waals surface area contributed by atoms with Gasteiger partial charge < -0.3 is 10.2 Å². The van der Waals surface area contributed by atoms with E-state index in [4.69, 9.17) is 0 Å². The van der Waals surface area contributed by atoms with E-state index in [-0.39, 0.29) is 11.6 Å². The van der Waals surface area contributed by atoms with E-state index < -0.39 is 17.5 Å². The number of nitrogens with zero attached hydrogens (tertiary/aromatic N) is 6. The summed E-state index contributed by atoms with van der Waals surface area (Å²) in [5.74, 6) is -2.63. The van der Waals surface area contributed by atoms with Crippen LogP contribution in [-0.4, -0.2) is 43.7 Å². The fraction of sp³-hybridized carbons (Fsp3) is 0.273. The first-order valence-electron chi connectivity index (χ1n) is 10.3. The van der Waals surface area contributed by atoms with Crippen LogP contribution in [-0.2, 0) is 0 Å². The number of pyridine rings is 1. The van der Waals surface area contributed by atoms with Crippen molar-refractivity contribution in [3.63, 3.8) is 0 Å². The highest BCUT2D eigenvalue weighted by atomic mass is 19.2. The molecule has 0 saturated carbocycles. The van der Waals surface area contributed by atoms with Crippen LogP contribution >= 0.6 is 0 Å². The highest BCUT2D eigenvalue weighted by Gasteiger charge is 2.22. The van der Waals surface area contributed by atoms with Crippen molar-refractivity contribution in [3.05, 3.63) is 66.0 Å². The first kappa shape index (κ1) is 20.2. The van der Waals surface area contributed by atoms with Crippen molar-refractivity contribution in [1.82, 2.24) is 24.6 Å². The van der Waals surface area contributed by atoms with Gasteiger partial charge in [0.2, 0.25) is 5.95 Å². The number of halogens is 3. The number of anilines is 2. The lowest BCUT2D eigenvalue weighted by atomic mass is 10.1. The van der Waals surface area contributed by atoms with Crippen molar-refractivity contribution >= 4 is 17.4 Å². The molecule has 1 aliphatic heterocycles. The fourth-order valence-corrected chi connectivity index (χ4v) is 3.95. The Bertz CT molecular complexity index is 1260. The van der Waals surface area contributed by atoms with Gasteiger partial charge in [-0.1, -0.05) is 0 Å². The predicted molar refractivity (Wildman–Crippen MR) is 114 cm³/mol. The molecule has 32 heavy (non-hydrogen) atoms. The molecule has 164 valence electrons. The van der Waals surface area contributed by atoms with Crippen LogP contribution in [0, 0.1) is 24.4 Å². The molecule has 5 rings (SSSR count). The minimum Gasteiger partial charge on any atom is -0.356 e. The van der Waals surface area contributed by atoms with Gasteiger partial charge in [0.25, 0.3) is 0 Å². The van der Waals surface area contributed by atoms with Crippen molar-refractivity contribution < 1.29 is 13.2 Å². The average molecular weight is 439 g/mol. The number of hydrogen-bond acceptors (Lipinski definition) is 6. The number of nitrogens with one attached hydrogen (secondary N) is 1. The van der Waals surface area contributed by atoms with Gasteiger partial charge in [-0.15, -0.1) is 5.10 Å². The van der Waals surface area contributed by atoms with Gasteiger partial charge in [0.05, 0.1) is 0 Å². The fourth-order valence-electron chi connectivity index (χ4n) is 3.95. The standard InChI is InChI=1S/C22H20F3N7/c1-13-9-19(27-12-26-13)31-7-4-15(5-8-31)28-22-29-21-16(3-2-6-32(21)30-22)14-10-17(23)20(25)18(24)11-14/h2-3,6,9-12,15H,4-5,7-8H2,1H3,(H,28,30). The third-order valence-corrected chi connectivity index (χ3v) is 5.60. The van der Waals surface area contributed by atoms with Gasteiger partial charge in [-0.2, -0.15) is 4.98 Å². The van der Waals surface area contributed by atoms with E-state index in [1.165, 1.54) is 4.52 Å². The van der Waals surface area contributed by atoms with Crippen molar-refractivity contribution in [2.24, 2.45) is 0 Å². The zero-order chi connectivity index (χ0) is 22.2. The number of aryl methyl sites for hydroxylation is 1. The Morgan fingerprint density at radius 2 is 1.78 bits per heavy atom. The van der Waals surface area contributed by atoms with E-state index >= 15 is 0 Å². The van der Waals surface area contributed by atoms with E-state index in [0.717, 1.165) is 49.6 Å². The normalized spacial score (nSPS) is 14.8. The number of hydrogen-bond donors (Lipinski definition) is 1. The molecule has 0 aliphatic carbocycles. The minimum absolute atomic E-state index is 0.177. The molecule has 1 fully saturated rings. The van der Waals surface area contributed by atoms with E-state index in [9.17, 15) is 13.2 Å². The van der Waals surface area contributed by atoms with E-state index in [0.29, 0.717) is 17.2 Å². The van der Waals surface area contributed by atoms with Crippen LogP contribution in [0.5, 0.6) is 0 Å². The van der Waals surface area contributed by atoms with Gasteiger partial charge in [0.1, 0.15) is 12.1 Å². The summed E-state index contributed by atoms with van der Waals surface area (Å²) >= 11 is 0. The molecule has 1 aromatic carbocycles. The highest BCUT2D eigenvalue weighted by Crippen LogP contribution is 2.28. The Morgan fingerprint density at radius 1 is 1.03 bits per heavy atom. The lowest BCUT2D eigenvalue weighted by molar-refractivity contribution is 0.448. The minimum atomic E-state index is -1.49. The number of fused-ring (bicyclic) bond motifs is 1. The van der Waals surface area contributed by atoms with Crippen LogP contribution in [0.25, 0.3) is 16.8 Å². The number of rotatable bonds is 4. The van der Waals surface area contributed by atoms with Gasteiger partial charge in [0, 0.05) is 42.7 Å². The molecule has 0 spiro atoms. The Kier molecular flexibility index (Phi) is 5.12. The van der Waals surface area contributed by atoms with E-state index in [2.05, 4.69) is 30.3 Å². The van der Waals surface area contributed by atoms with Crippen molar-refractivity contribution in [2.75, 3.05) is 23.3 Å². The van der Waals surface area contributed by atoms with Crippen LogP contribution in [0.1, 0.15) is 18.5 Å². The molecule has 1 saturated heterocycles. The van der Waals surface area contributed by atoms with Crippen LogP contribution < -0.4 is 10.2 Å². The molecule has 0 bridgehead atoms. The second kappa shape index (κ2) is 8.10. The van der Waals surface area contributed by atoms with E-state index in [1.54, 1.807) is 24.7 Å². The topological polar surface area (TPSA) is 71.2 Å². The molecule has 1 N–H and O–H groups in total. The van der Waals surface area contributed by atoms with Crippen LogP contribution in [0.4, 0.5) is 24.9 Å². The van der Waals surface area contributed by atoms with Gasteiger partial charge in [-0.25, -0.2) is 27.7 Å². The Morgan fingerprint density at radius 3 is 2.50 bits per heavy atom. The zero-order valence-electron chi connectivity index (χ0n) is 17.3. The first-order chi connectivity index (χ1) is 15.5. The predicted octanol–water partition coefficient (Wildman–Crippen LogP) is 3.99.